The summed E-state index contributed by atoms with van der Waals surface area (Å²) in [5.41, 5.74) is 7.87. The Kier molecular flexibility index (Phi) is 3.61. The molecule has 0 saturated carbocycles. The number of nitrogens with two attached hydrogens (primary N) is 2. The number of aromatic nitrogens is 2. The first-order valence-electron chi connectivity index (χ1n) is 5.96. The van der Waals surface area contributed by atoms with Crippen LogP contribution in [0.4, 0.5) is 11.6 Å². The first kappa shape index (κ1) is 12.6. The number of amides is 1. The number of piperidine rings is 1. The molecule has 1 saturated heterocycles. The number of nitrogens with zero attached hydrogens (tertiary/aromatic N) is 3. The summed E-state index contributed by atoms with van der Waals surface area (Å²) in [5.74, 6) is 6.99. The number of primary amides is 1. The van der Waals surface area contributed by atoms with Gasteiger partial charge < -0.3 is 16.1 Å². The van der Waals surface area contributed by atoms with Crippen molar-refractivity contribution in [3.8, 4) is 0 Å². The van der Waals surface area contributed by atoms with E-state index >= 15 is 0 Å². The van der Waals surface area contributed by atoms with Gasteiger partial charge in [0.05, 0.1) is 5.92 Å². The molecule has 0 radical (unpaired) electrons. The molecule has 0 aliphatic carbocycles. The van der Waals surface area contributed by atoms with Gasteiger partial charge in [-0.05, 0) is 19.8 Å². The van der Waals surface area contributed by atoms with Crippen LogP contribution in [-0.2, 0) is 4.79 Å². The van der Waals surface area contributed by atoms with Crippen molar-refractivity contribution in [1.29, 1.82) is 0 Å². The number of hydrogen-bond acceptors (Lipinski definition) is 6. The minimum absolute atomic E-state index is 0.108. The second-order valence-electron chi connectivity index (χ2n) is 4.49. The highest BCUT2D eigenvalue weighted by Gasteiger charge is 2.25. The lowest BCUT2D eigenvalue weighted by atomic mass is 9.97. The maximum absolute atomic E-state index is 11.3. The standard InChI is InChI=1S/C11H18N6O/c1-7-14-9(16-13)5-10(15-7)17-4-2-3-8(6-17)11(12)18/h5,8H,2-4,6,13H2,1H3,(H2,12,18)(H,14,15,16). The van der Waals surface area contributed by atoms with Gasteiger partial charge in [-0.2, -0.15) is 0 Å². The first-order chi connectivity index (χ1) is 8.60. The summed E-state index contributed by atoms with van der Waals surface area (Å²) in [5, 5.41) is 0. The Morgan fingerprint density at radius 3 is 3.00 bits per heavy atom. The predicted molar refractivity (Wildman–Crippen MR) is 68.7 cm³/mol. The van der Waals surface area contributed by atoms with E-state index in [-0.39, 0.29) is 11.8 Å². The highest BCUT2D eigenvalue weighted by Crippen LogP contribution is 2.23. The fourth-order valence-electron chi connectivity index (χ4n) is 2.21. The van der Waals surface area contributed by atoms with Gasteiger partial charge in [0.25, 0.3) is 0 Å². The second-order valence-corrected chi connectivity index (χ2v) is 4.49. The van der Waals surface area contributed by atoms with E-state index in [9.17, 15) is 4.79 Å². The number of rotatable bonds is 3. The van der Waals surface area contributed by atoms with Gasteiger partial charge in [0, 0.05) is 19.2 Å². The zero-order chi connectivity index (χ0) is 13.1. The third kappa shape index (κ3) is 2.67. The van der Waals surface area contributed by atoms with E-state index in [1.807, 2.05) is 0 Å². The summed E-state index contributed by atoms with van der Waals surface area (Å²) in [7, 11) is 0. The number of anilines is 2. The Bertz CT molecular complexity index is 449. The van der Waals surface area contributed by atoms with Gasteiger partial charge in [-0.1, -0.05) is 0 Å². The highest BCUT2D eigenvalue weighted by molar-refractivity contribution is 5.77. The molecular formula is C11H18N6O. The topological polar surface area (TPSA) is 110 Å². The van der Waals surface area contributed by atoms with Crippen LogP contribution in [0.25, 0.3) is 0 Å². The zero-order valence-corrected chi connectivity index (χ0v) is 10.4. The molecule has 1 aliphatic rings. The lowest BCUT2D eigenvalue weighted by Crippen LogP contribution is -2.41. The Balaban J connectivity index is 2.20. The SMILES string of the molecule is Cc1nc(NN)cc(N2CCCC(C(N)=O)C2)n1. The average Bonchev–Trinajstić information content (AvgIpc) is 2.38. The first-order valence-corrected chi connectivity index (χ1v) is 5.96. The molecule has 18 heavy (non-hydrogen) atoms. The average molecular weight is 250 g/mol. The van der Waals surface area contributed by atoms with Gasteiger partial charge in [0.2, 0.25) is 5.91 Å². The van der Waals surface area contributed by atoms with Crippen molar-refractivity contribution in [1.82, 2.24) is 9.97 Å². The van der Waals surface area contributed by atoms with Gasteiger partial charge in [-0.3, -0.25) is 4.79 Å². The molecule has 0 spiro atoms. The van der Waals surface area contributed by atoms with Crippen molar-refractivity contribution >= 4 is 17.5 Å². The summed E-state index contributed by atoms with van der Waals surface area (Å²) in [4.78, 5) is 21.8. The number of hydrogen-bond donors (Lipinski definition) is 3. The molecule has 7 heteroatoms. The van der Waals surface area contributed by atoms with Gasteiger partial charge in [-0.25, -0.2) is 15.8 Å². The molecule has 0 bridgehead atoms. The molecular weight excluding hydrogens is 232 g/mol. The van der Waals surface area contributed by atoms with Crippen LogP contribution >= 0.6 is 0 Å². The van der Waals surface area contributed by atoms with Crippen molar-refractivity contribution in [3.63, 3.8) is 0 Å². The van der Waals surface area contributed by atoms with Crippen molar-refractivity contribution < 1.29 is 4.79 Å². The number of carbonyl (C=O) groups is 1. The lowest BCUT2D eigenvalue weighted by Gasteiger charge is -2.32. The number of carbonyl (C=O) groups excluding carboxylic acids is 1. The van der Waals surface area contributed by atoms with Crippen molar-refractivity contribution in [2.75, 3.05) is 23.4 Å². The number of nitrogen functional groups attached to an aromatic ring is 1. The third-order valence-corrected chi connectivity index (χ3v) is 3.12. The Morgan fingerprint density at radius 1 is 1.56 bits per heavy atom. The molecule has 98 valence electrons. The third-order valence-electron chi connectivity index (χ3n) is 3.12. The summed E-state index contributed by atoms with van der Waals surface area (Å²) < 4.78 is 0. The summed E-state index contributed by atoms with van der Waals surface area (Å²) in [6, 6.07) is 1.77. The van der Waals surface area contributed by atoms with E-state index in [2.05, 4.69) is 20.3 Å². The van der Waals surface area contributed by atoms with Crippen LogP contribution in [0.1, 0.15) is 18.7 Å². The molecule has 0 aromatic carbocycles. The van der Waals surface area contributed by atoms with Crippen LogP contribution in [0.2, 0.25) is 0 Å². The molecule has 1 aromatic rings. The highest BCUT2D eigenvalue weighted by atomic mass is 16.1. The van der Waals surface area contributed by atoms with Crippen LogP contribution in [0, 0.1) is 12.8 Å². The quantitative estimate of drug-likeness (QED) is 0.505. The number of hydrazine groups is 1. The zero-order valence-electron chi connectivity index (χ0n) is 10.4. The number of aryl methyl sites for hydroxylation is 1. The molecule has 1 aliphatic heterocycles. The minimum Gasteiger partial charge on any atom is -0.369 e. The molecule has 2 heterocycles. The molecule has 1 aromatic heterocycles. The van der Waals surface area contributed by atoms with Crippen molar-refractivity contribution in [2.45, 2.75) is 19.8 Å². The predicted octanol–water partition coefficient (Wildman–Crippen LogP) is -0.228. The smallest absolute Gasteiger partial charge is 0.222 e. The van der Waals surface area contributed by atoms with E-state index in [4.69, 9.17) is 11.6 Å². The molecule has 1 fully saturated rings. The maximum atomic E-state index is 11.3. The number of nitrogens with one attached hydrogen (secondary N) is 1. The van der Waals surface area contributed by atoms with Gasteiger partial charge >= 0.3 is 0 Å². The van der Waals surface area contributed by atoms with Crippen LogP contribution in [0.5, 0.6) is 0 Å². The van der Waals surface area contributed by atoms with E-state index in [0.717, 1.165) is 25.2 Å². The molecule has 1 unspecified atom stereocenters. The van der Waals surface area contributed by atoms with Crippen molar-refractivity contribution in [2.24, 2.45) is 17.5 Å². The van der Waals surface area contributed by atoms with E-state index in [1.165, 1.54) is 0 Å². The normalized spacial score (nSPS) is 19.7. The van der Waals surface area contributed by atoms with E-state index in [0.29, 0.717) is 18.2 Å². The van der Waals surface area contributed by atoms with Gasteiger partial charge in [-0.15, -0.1) is 0 Å². The Labute approximate surface area is 106 Å². The Hall–Kier alpha value is -1.89. The molecule has 7 nitrogen and oxygen atoms in total. The van der Waals surface area contributed by atoms with E-state index in [1.54, 1.807) is 13.0 Å². The Morgan fingerprint density at radius 2 is 2.33 bits per heavy atom. The van der Waals surface area contributed by atoms with Crippen LogP contribution < -0.4 is 21.9 Å². The minimum atomic E-state index is -0.248. The fraction of sp³-hybridized carbons (Fsp3) is 0.545. The summed E-state index contributed by atoms with van der Waals surface area (Å²) >= 11 is 0. The van der Waals surface area contributed by atoms with E-state index < -0.39 is 0 Å². The second kappa shape index (κ2) is 5.18. The summed E-state index contributed by atoms with van der Waals surface area (Å²) in [6.07, 6.45) is 1.78. The molecule has 1 atom stereocenters. The largest absolute Gasteiger partial charge is 0.369 e. The van der Waals surface area contributed by atoms with Crippen LogP contribution in [0.3, 0.4) is 0 Å². The molecule has 2 rings (SSSR count). The van der Waals surface area contributed by atoms with Crippen LogP contribution in [0.15, 0.2) is 6.07 Å². The summed E-state index contributed by atoms with van der Waals surface area (Å²) in [6.45, 7) is 3.28. The van der Waals surface area contributed by atoms with Crippen LogP contribution in [-0.4, -0.2) is 29.0 Å². The maximum Gasteiger partial charge on any atom is 0.222 e. The van der Waals surface area contributed by atoms with Gasteiger partial charge in [0.1, 0.15) is 17.5 Å². The van der Waals surface area contributed by atoms with Crippen molar-refractivity contribution in [3.05, 3.63) is 11.9 Å². The molecule has 5 N–H and O–H groups in total. The molecule has 1 amide bonds. The lowest BCUT2D eigenvalue weighted by molar-refractivity contribution is -0.122. The van der Waals surface area contributed by atoms with Gasteiger partial charge in [0.15, 0.2) is 0 Å². The monoisotopic (exact) mass is 250 g/mol. The fourth-order valence-corrected chi connectivity index (χ4v) is 2.21.